The Morgan fingerprint density at radius 1 is 1.16 bits per heavy atom. The van der Waals surface area contributed by atoms with Crippen LogP contribution in [-0.4, -0.2) is 32.5 Å². The lowest BCUT2D eigenvalue weighted by Crippen LogP contribution is -2.38. The van der Waals surface area contributed by atoms with Crippen molar-refractivity contribution in [3.63, 3.8) is 0 Å². The third kappa shape index (κ3) is 3.03. The van der Waals surface area contributed by atoms with Crippen LogP contribution in [0.3, 0.4) is 0 Å². The van der Waals surface area contributed by atoms with Crippen molar-refractivity contribution in [2.45, 2.75) is 56.9 Å². The van der Waals surface area contributed by atoms with Gasteiger partial charge in [0.05, 0.1) is 17.8 Å². The molecule has 3 aromatic rings. The second kappa shape index (κ2) is 6.81. The Balaban J connectivity index is 1.60. The van der Waals surface area contributed by atoms with Gasteiger partial charge in [-0.3, -0.25) is 0 Å². The molecule has 0 amide bonds. The number of nitrogens with zero attached hydrogens (tertiary/aromatic N) is 4. The minimum atomic E-state index is -2.36. The molecule has 0 bridgehead atoms. The van der Waals surface area contributed by atoms with Gasteiger partial charge in [-0.2, -0.15) is 5.26 Å². The number of nitriles is 1. The number of benzene rings is 1. The fraction of sp³-hybridized carbons (Fsp3) is 0.435. The van der Waals surface area contributed by atoms with Crippen LogP contribution in [0.4, 0.5) is 8.78 Å². The average Bonchev–Trinajstić information content (AvgIpc) is 3.39. The molecule has 1 aromatic carbocycles. The van der Waals surface area contributed by atoms with Crippen LogP contribution in [0.2, 0.25) is 0 Å². The van der Waals surface area contributed by atoms with Gasteiger partial charge in [0.15, 0.2) is 5.79 Å². The zero-order valence-corrected chi connectivity index (χ0v) is 17.4. The maximum atomic E-state index is 16.3. The minimum absolute atomic E-state index is 0.115. The molecule has 1 unspecified atom stereocenters. The summed E-state index contributed by atoms with van der Waals surface area (Å²) in [7, 11) is 0. The fourth-order valence-corrected chi connectivity index (χ4v) is 5.03. The van der Waals surface area contributed by atoms with Crippen molar-refractivity contribution in [2.75, 3.05) is 0 Å². The van der Waals surface area contributed by atoms with E-state index in [1.54, 1.807) is 13.8 Å². The smallest absolute Gasteiger partial charge is 0.226 e. The molecule has 1 aliphatic carbocycles. The highest BCUT2D eigenvalue weighted by molar-refractivity contribution is 5.78. The zero-order chi connectivity index (χ0) is 22.0. The van der Waals surface area contributed by atoms with E-state index in [9.17, 15) is 9.65 Å². The van der Waals surface area contributed by atoms with Crippen molar-refractivity contribution in [1.82, 2.24) is 14.5 Å². The topological polar surface area (TPSA) is 73.0 Å². The molecular weight excluding hydrogens is 402 g/mol. The summed E-state index contributed by atoms with van der Waals surface area (Å²) in [5.41, 5.74) is -0.664. The molecule has 5 atom stereocenters. The standard InChI is InChI=1S/C23H22F2N4O2/c1-13-16-8-9-29(21(16)28-12-27-13)18-10-17(19-20(18)31-22(2,3)30-19)23(25,11-26)14-4-6-15(24)7-5-14/h4-9,12,17-20H,10H2,1-3H3/t17-,18+,19+,20-,23?/m0/s1. The maximum Gasteiger partial charge on any atom is 0.226 e. The van der Waals surface area contributed by atoms with Gasteiger partial charge < -0.3 is 14.0 Å². The van der Waals surface area contributed by atoms with Gasteiger partial charge in [0, 0.05) is 23.1 Å². The number of hydrogen-bond acceptors (Lipinski definition) is 5. The first-order chi connectivity index (χ1) is 14.7. The molecule has 1 saturated carbocycles. The van der Waals surface area contributed by atoms with Crippen molar-refractivity contribution in [1.29, 1.82) is 5.26 Å². The van der Waals surface area contributed by atoms with Crippen molar-refractivity contribution in [2.24, 2.45) is 5.92 Å². The molecule has 5 rings (SSSR count). The van der Waals surface area contributed by atoms with Gasteiger partial charge in [-0.15, -0.1) is 0 Å². The molecule has 2 aliphatic rings. The number of rotatable bonds is 3. The summed E-state index contributed by atoms with van der Waals surface area (Å²) in [4.78, 5) is 8.66. The third-order valence-corrected chi connectivity index (χ3v) is 6.44. The molecule has 2 fully saturated rings. The highest BCUT2D eigenvalue weighted by Gasteiger charge is 2.61. The summed E-state index contributed by atoms with van der Waals surface area (Å²) in [6.45, 7) is 5.47. The molecule has 0 N–H and O–H groups in total. The van der Waals surface area contributed by atoms with E-state index in [1.807, 2.05) is 29.8 Å². The van der Waals surface area contributed by atoms with Crippen molar-refractivity contribution in [3.8, 4) is 6.07 Å². The molecular formula is C23H22F2N4O2. The van der Waals surface area contributed by atoms with Gasteiger partial charge in [0.2, 0.25) is 5.67 Å². The van der Waals surface area contributed by atoms with E-state index < -0.39 is 35.4 Å². The predicted molar refractivity (Wildman–Crippen MR) is 108 cm³/mol. The lowest BCUT2D eigenvalue weighted by Gasteiger charge is -2.30. The number of hydrogen-bond donors (Lipinski definition) is 0. The molecule has 0 spiro atoms. The monoisotopic (exact) mass is 424 g/mol. The van der Waals surface area contributed by atoms with Crippen LogP contribution in [0, 0.1) is 30.0 Å². The second-order valence-corrected chi connectivity index (χ2v) is 8.72. The van der Waals surface area contributed by atoms with Crippen molar-refractivity contribution in [3.05, 3.63) is 59.9 Å². The highest BCUT2D eigenvalue weighted by atomic mass is 19.1. The number of fused-ring (bicyclic) bond motifs is 2. The van der Waals surface area contributed by atoms with Crippen molar-refractivity contribution < 1.29 is 18.3 Å². The predicted octanol–water partition coefficient (Wildman–Crippen LogP) is 4.35. The number of aromatic nitrogens is 3. The number of ether oxygens (including phenoxy) is 2. The largest absolute Gasteiger partial charge is 0.344 e. The number of aryl methyl sites for hydroxylation is 1. The first-order valence-electron chi connectivity index (χ1n) is 10.2. The van der Waals surface area contributed by atoms with E-state index in [2.05, 4.69) is 9.97 Å². The van der Waals surface area contributed by atoms with Gasteiger partial charge in [-0.1, -0.05) is 12.1 Å². The summed E-state index contributed by atoms with van der Waals surface area (Å²) in [6.07, 6.45) is 2.60. The summed E-state index contributed by atoms with van der Waals surface area (Å²) >= 11 is 0. The SMILES string of the molecule is Cc1ncnc2c1ccn2[C@@H]1C[C@H](C(F)(C#N)c2ccc(F)cc2)[C@H]2OC(C)(C)O[C@H]21. The van der Waals surface area contributed by atoms with E-state index in [1.165, 1.54) is 30.6 Å². The average molecular weight is 424 g/mol. The summed E-state index contributed by atoms with van der Waals surface area (Å²) < 4.78 is 44.0. The van der Waals surface area contributed by atoms with Crippen LogP contribution >= 0.6 is 0 Å². The third-order valence-electron chi connectivity index (χ3n) is 6.44. The Labute approximate surface area is 178 Å². The summed E-state index contributed by atoms with van der Waals surface area (Å²) in [5, 5.41) is 10.8. The molecule has 6 nitrogen and oxygen atoms in total. The van der Waals surface area contributed by atoms with E-state index in [0.29, 0.717) is 6.42 Å². The summed E-state index contributed by atoms with van der Waals surface area (Å²) in [6, 6.07) is 8.47. The number of alkyl halides is 1. The summed E-state index contributed by atoms with van der Waals surface area (Å²) in [5.74, 6) is -2.21. The lowest BCUT2D eigenvalue weighted by molar-refractivity contribution is -0.165. The van der Waals surface area contributed by atoms with E-state index >= 15 is 4.39 Å². The highest BCUT2D eigenvalue weighted by Crippen LogP contribution is 2.54. The molecule has 1 saturated heterocycles. The molecule has 2 aromatic heterocycles. The molecule has 160 valence electrons. The Kier molecular flexibility index (Phi) is 4.40. The van der Waals surface area contributed by atoms with Gasteiger partial charge in [0.25, 0.3) is 0 Å². The Bertz CT molecular complexity index is 1190. The maximum absolute atomic E-state index is 16.3. The second-order valence-electron chi connectivity index (χ2n) is 8.72. The Hall–Kier alpha value is -2.89. The van der Waals surface area contributed by atoms with Crippen molar-refractivity contribution >= 4 is 11.0 Å². The van der Waals surface area contributed by atoms with E-state index in [0.717, 1.165) is 16.7 Å². The molecule has 31 heavy (non-hydrogen) atoms. The molecule has 3 heterocycles. The van der Waals surface area contributed by atoms with Crippen LogP contribution in [0.15, 0.2) is 42.9 Å². The molecule has 0 radical (unpaired) electrons. The lowest BCUT2D eigenvalue weighted by atomic mass is 9.81. The first-order valence-corrected chi connectivity index (χ1v) is 10.2. The van der Waals surface area contributed by atoms with Crippen LogP contribution in [0.1, 0.15) is 37.6 Å². The van der Waals surface area contributed by atoms with Gasteiger partial charge >= 0.3 is 0 Å². The minimum Gasteiger partial charge on any atom is -0.344 e. The Morgan fingerprint density at radius 2 is 1.87 bits per heavy atom. The Morgan fingerprint density at radius 3 is 2.58 bits per heavy atom. The van der Waals surface area contributed by atoms with Gasteiger partial charge in [-0.25, -0.2) is 18.7 Å². The van der Waals surface area contributed by atoms with Crippen LogP contribution < -0.4 is 0 Å². The van der Waals surface area contributed by atoms with Crippen LogP contribution in [0.5, 0.6) is 0 Å². The van der Waals surface area contributed by atoms with E-state index in [-0.39, 0.29) is 11.6 Å². The molecule has 1 aliphatic heterocycles. The normalized spacial score (nSPS) is 28.9. The van der Waals surface area contributed by atoms with E-state index in [4.69, 9.17) is 9.47 Å². The zero-order valence-electron chi connectivity index (χ0n) is 17.4. The quantitative estimate of drug-likeness (QED) is 0.625. The van der Waals surface area contributed by atoms with Crippen LogP contribution in [-0.2, 0) is 15.1 Å². The molecule has 8 heteroatoms. The first kappa shape index (κ1) is 20.0. The fourth-order valence-electron chi connectivity index (χ4n) is 5.03. The van der Waals surface area contributed by atoms with Gasteiger partial charge in [-0.05, 0) is 45.4 Å². The number of halogens is 2. The van der Waals surface area contributed by atoms with Gasteiger partial charge in [0.1, 0.15) is 30.0 Å². The van der Waals surface area contributed by atoms with Crippen LogP contribution in [0.25, 0.3) is 11.0 Å².